The van der Waals surface area contributed by atoms with Gasteiger partial charge in [-0.3, -0.25) is 4.90 Å². The zero-order valence-electron chi connectivity index (χ0n) is 14.0. The number of anilines is 1. The molecule has 1 aromatic rings. The summed E-state index contributed by atoms with van der Waals surface area (Å²) in [4.78, 5) is 17.4. The predicted molar refractivity (Wildman–Crippen MR) is 96.4 cm³/mol. The Hall–Kier alpha value is -1.66. The highest BCUT2D eigenvalue weighted by Crippen LogP contribution is 2.28. The van der Waals surface area contributed by atoms with E-state index in [2.05, 4.69) is 15.2 Å². The van der Waals surface area contributed by atoms with E-state index in [-0.39, 0.29) is 6.04 Å². The van der Waals surface area contributed by atoms with Crippen LogP contribution in [0.4, 0.5) is 10.2 Å². The second-order valence-corrected chi connectivity index (χ2v) is 7.22. The van der Waals surface area contributed by atoms with Crippen molar-refractivity contribution in [1.82, 2.24) is 9.88 Å². The third-order valence-electron chi connectivity index (χ3n) is 4.99. The smallest absolute Gasteiger partial charge is 0.364 e. The fourth-order valence-electron chi connectivity index (χ4n) is 3.76. The summed E-state index contributed by atoms with van der Waals surface area (Å²) < 4.78 is 13.2. The first-order valence-corrected chi connectivity index (χ1v) is 9.17. The Bertz CT molecular complexity index is 662. The Kier molecular flexibility index (Phi) is 5.91. The molecule has 1 saturated heterocycles. The lowest BCUT2D eigenvalue weighted by atomic mass is 10.0. The molecule has 7 heteroatoms. The Morgan fingerprint density at radius 3 is 2.80 bits per heavy atom. The van der Waals surface area contributed by atoms with Gasteiger partial charge < -0.3 is 10.4 Å². The monoisotopic (exact) mass is 367 g/mol. The summed E-state index contributed by atoms with van der Waals surface area (Å²) in [6, 6.07) is 2.52. The number of carboxylic acids is 1. The van der Waals surface area contributed by atoms with Gasteiger partial charge in [0, 0.05) is 24.8 Å². The topological polar surface area (TPSA) is 65.5 Å². The van der Waals surface area contributed by atoms with E-state index in [0.717, 1.165) is 32.0 Å². The van der Waals surface area contributed by atoms with Gasteiger partial charge in [0.1, 0.15) is 5.82 Å². The summed E-state index contributed by atoms with van der Waals surface area (Å²) in [5.41, 5.74) is 0.326. The maximum atomic E-state index is 13.2. The summed E-state index contributed by atoms with van der Waals surface area (Å²) in [7, 11) is 0. The lowest BCUT2D eigenvalue weighted by Crippen LogP contribution is -2.46. The molecule has 136 valence electrons. The first-order valence-electron chi connectivity index (χ1n) is 8.79. The highest BCUT2D eigenvalue weighted by Gasteiger charge is 2.28. The third-order valence-corrected chi connectivity index (χ3v) is 5.28. The molecule has 0 bridgehead atoms. The molecule has 1 aromatic heterocycles. The molecule has 2 N–H and O–H groups in total. The molecule has 0 aromatic carbocycles. The van der Waals surface area contributed by atoms with Crippen LogP contribution < -0.4 is 5.32 Å². The van der Waals surface area contributed by atoms with Crippen molar-refractivity contribution >= 4 is 29.5 Å². The number of aliphatic carboxylic acids is 1. The molecule has 3 rings (SSSR count). The molecule has 0 amide bonds. The molecule has 1 atom stereocenters. The number of nitrogens with one attached hydrogen (secondary N) is 1. The van der Waals surface area contributed by atoms with Crippen LogP contribution in [0.25, 0.3) is 6.08 Å². The number of piperidine rings is 1. The van der Waals surface area contributed by atoms with Gasteiger partial charge in [0.2, 0.25) is 5.83 Å². The lowest BCUT2D eigenvalue weighted by Gasteiger charge is -2.37. The first kappa shape index (κ1) is 18.1. The number of nitrogens with zero attached hydrogens (tertiary/aromatic N) is 2. The highest BCUT2D eigenvalue weighted by atomic mass is 35.5. The Labute approximate surface area is 151 Å². The molecule has 0 spiro atoms. The van der Waals surface area contributed by atoms with Crippen molar-refractivity contribution in [1.29, 1.82) is 0 Å². The number of likely N-dealkylation sites (tertiary alicyclic amines) is 1. The van der Waals surface area contributed by atoms with Crippen molar-refractivity contribution in [3.63, 3.8) is 0 Å². The van der Waals surface area contributed by atoms with Crippen LogP contribution in [0.5, 0.6) is 0 Å². The van der Waals surface area contributed by atoms with E-state index in [1.165, 1.54) is 37.9 Å². The fraction of sp³-hybridized carbons (Fsp3) is 0.556. The van der Waals surface area contributed by atoms with E-state index in [0.29, 0.717) is 22.4 Å². The average Bonchev–Trinajstić information content (AvgIpc) is 3.12. The van der Waals surface area contributed by atoms with Gasteiger partial charge in [0.25, 0.3) is 0 Å². The summed E-state index contributed by atoms with van der Waals surface area (Å²) in [6.07, 6.45) is 9.79. The number of carbonyl (C=O) groups is 1. The van der Waals surface area contributed by atoms with Crippen molar-refractivity contribution < 1.29 is 14.3 Å². The number of aromatic nitrogens is 1. The van der Waals surface area contributed by atoms with E-state index >= 15 is 0 Å². The van der Waals surface area contributed by atoms with Gasteiger partial charge in [-0.1, -0.05) is 24.4 Å². The van der Waals surface area contributed by atoms with E-state index in [1.807, 2.05) is 0 Å². The van der Waals surface area contributed by atoms with E-state index in [1.54, 1.807) is 0 Å². The second kappa shape index (κ2) is 8.15. The largest absolute Gasteiger partial charge is 0.476 e. The molecule has 0 radical (unpaired) electrons. The summed E-state index contributed by atoms with van der Waals surface area (Å²) in [6.45, 7) is 2.14. The standard InChI is InChI=1S/C18H23ClFN3O2/c19-15-8-12(9-16(20)18(24)25)10-21-17(15)22-13-4-3-7-23(11-13)14-5-1-2-6-14/h8-10,13-14H,1-7,11H2,(H,21,22)(H,24,25)/t13-/m1/s1. The van der Waals surface area contributed by atoms with Crippen LogP contribution in [0.1, 0.15) is 44.1 Å². The quantitative estimate of drug-likeness (QED) is 0.771. The maximum absolute atomic E-state index is 13.2. The number of hydrogen-bond donors (Lipinski definition) is 2. The number of halogens is 2. The highest BCUT2D eigenvalue weighted by molar-refractivity contribution is 6.33. The molecule has 1 saturated carbocycles. The average molecular weight is 368 g/mol. The minimum atomic E-state index is -1.60. The van der Waals surface area contributed by atoms with E-state index in [4.69, 9.17) is 16.7 Å². The lowest BCUT2D eigenvalue weighted by molar-refractivity contribution is -0.134. The molecule has 1 aliphatic heterocycles. The number of rotatable bonds is 5. The van der Waals surface area contributed by atoms with Crippen molar-refractivity contribution in [2.45, 2.75) is 50.6 Å². The molecule has 2 fully saturated rings. The van der Waals surface area contributed by atoms with Crippen LogP contribution in [0.3, 0.4) is 0 Å². The number of pyridine rings is 1. The van der Waals surface area contributed by atoms with Gasteiger partial charge in [-0.15, -0.1) is 0 Å². The summed E-state index contributed by atoms with van der Waals surface area (Å²) >= 11 is 6.24. The zero-order chi connectivity index (χ0) is 17.8. The zero-order valence-corrected chi connectivity index (χ0v) is 14.8. The molecule has 25 heavy (non-hydrogen) atoms. The minimum Gasteiger partial charge on any atom is -0.476 e. The van der Waals surface area contributed by atoms with E-state index < -0.39 is 11.8 Å². The number of carboxylic acid groups (broad SMARTS) is 1. The molecule has 0 unspecified atom stereocenters. The van der Waals surface area contributed by atoms with Gasteiger partial charge in [-0.05, 0) is 49.9 Å². The molecule has 5 nitrogen and oxygen atoms in total. The Morgan fingerprint density at radius 1 is 1.36 bits per heavy atom. The molecule has 1 aliphatic carbocycles. The van der Waals surface area contributed by atoms with Crippen molar-refractivity contribution in [3.05, 3.63) is 28.7 Å². The third kappa shape index (κ3) is 4.70. The molecular formula is C18H23ClFN3O2. The van der Waals surface area contributed by atoms with Gasteiger partial charge in [0.15, 0.2) is 0 Å². The van der Waals surface area contributed by atoms with Crippen molar-refractivity contribution in [2.75, 3.05) is 18.4 Å². The van der Waals surface area contributed by atoms with Gasteiger partial charge in [-0.25, -0.2) is 9.78 Å². The van der Waals surface area contributed by atoms with Crippen molar-refractivity contribution in [2.24, 2.45) is 0 Å². The van der Waals surface area contributed by atoms with Crippen LogP contribution in [-0.2, 0) is 4.79 Å². The summed E-state index contributed by atoms with van der Waals surface area (Å²) in [5.74, 6) is -2.28. The van der Waals surface area contributed by atoms with Crippen molar-refractivity contribution in [3.8, 4) is 0 Å². The van der Waals surface area contributed by atoms with Crippen LogP contribution >= 0.6 is 11.6 Å². The van der Waals surface area contributed by atoms with Crippen LogP contribution in [-0.4, -0.2) is 46.1 Å². The second-order valence-electron chi connectivity index (χ2n) is 6.81. The maximum Gasteiger partial charge on any atom is 0.364 e. The van der Waals surface area contributed by atoms with Gasteiger partial charge >= 0.3 is 5.97 Å². The first-order chi connectivity index (χ1) is 12.0. The molecule has 2 heterocycles. The van der Waals surface area contributed by atoms with E-state index in [9.17, 15) is 9.18 Å². The SMILES string of the molecule is O=C(O)C(F)=Cc1cnc(N[C@@H]2CCCN(C3CCCC3)C2)c(Cl)c1. The Morgan fingerprint density at radius 2 is 2.12 bits per heavy atom. The van der Waals surface area contributed by atoms with Gasteiger partial charge in [-0.2, -0.15) is 4.39 Å². The van der Waals surface area contributed by atoms with Crippen LogP contribution in [0.15, 0.2) is 18.1 Å². The minimum absolute atomic E-state index is 0.288. The molecular weight excluding hydrogens is 345 g/mol. The normalized spacial score (nSPS) is 23.0. The number of hydrogen-bond acceptors (Lipinski definition) is 4. The Balaban J connectivity index is 1.64. The summed E-state index contributed by atoms with van der Waals surface area (Å²) in [5, 5.41) is 12.3. The van der Waals surface area contributed by atoms with Crippen LogP contribution in [0.2, 0.25) is 5.02 Å². The van der Waals surface area contributed by atoms with Crippen LogP contribution in [0, 0.1) is 0 Å². The molecule has 2 aliphatic rings. The predicted octanol–water partition coefficient (Wildman–Crippen LogP) is 3.95. The van der Waals surface area contributed by atoms with Gasteiger partial charge in [0.05, 0.1) is 5.02 Å². The fourth-order valence-corrected chi connectivity index (χ4v) is 3.99.